The van der Waals surface area contributed by atoms with Gasteiger partial charge in [-0.3, -0.25) is 9.78 Å². The molecule has 2 aromatic heterocycles. The van der Waals surface area contributed by atoms with Gasteiger partial charge in [-0.05, 0) is 43.0 Å². The standard InChI is InChI=1S/C20H20N4O2/c25-19(24-13-4-3-7-15-6-1-2-9-17(15)24)11-10-18-22-20(23-26-18)16-8-5-12-21-14-16/h1-2,5-6,8-9,12,14H,3-4,7,10-11,13H2. The van der Waals surface area contributed by atoms with Crippen LogP contribution in [0.3, 0.4) is 0 Å². The van der Waals surface area contributed by atoms with Crippen LogP contribution in [0.25, 0.3) is 11.4 Å². The minimum absolute atomic E-state index is 0.0977. The summed E-state index contributed by atoms with van der Waals surface area (Å²) >= 11 is 0. The topological polar surface area (TPSA) is 72.1 Å². The normalized spacial score (nSPS) is 13.9. The van der Waals surface area contributed by atoms with Crippen LogP contribution in [0.2, 0.25) is 0 Å². The third-order valence-electron chi connectivity index (χ3n) is 4.60. The SMILES string of the molecule is O=C(CCc1nc(-c2cccnc2)no1)N1CCCCc2ccccc21. The molecule has 0 N–H and O–H groups in total. The van der Waals surface area contributed by atoms with Crippen molar-refractivity contribution in [2.24, 2.45) is 0 Å². The van der Waals surface area contributed by atoms with Gasteiger partial charge in [0.05, 0.1) is 0 Å². The van der Waals surface area contributed by atoms with E-state index in [0.717, 1.165) is 37.1 Å². The third kappa shape index (κ3) is 3.49. The van der Waals surface area contributed by atoms with Gasteiger partial charge in [0.25, 0.3) is 0 Å². The van der Waals surface area contributed by atoms with Crippen molar-refractivity contribution in [2.45, 2.75) is 32.1 Å². The monoisotopic (exact) mass is 348 g/mol. The van der Waals surface area contributed by atoms with E-state index in [1.807, 2.05) is 35.2 Å². The van der Waals surface area contributed by atoms with Crippen molar-refractivity contribution < 1.29 is 9.32 Å². The molecular weight excluding hydrogens is 328 g/mol. The van der Waals surface area contributed by atoms with Crippen molar-refractivity contribution in [3.63, 3.8) is 0 Å². The Hall–Kier alpha value is -3.02. The summed E-state index contributed by atoms with van der Waals surface area (Å²) in [6.07, 6.45) is 7.33. The number of hydrogen-bond acceptors (Lipinski definition) is 5. The van der Waals surface area contributed by atoms with Gasteiger partial charge in [0.15, 0.2) is 0 Å². The van der Waals surface area contributed by atoms with E-state index in [-0.39, 0.29) is 5.91 Å². The molecule has 26 heavy (non-hydrogen) atoms. The summed E-state index contributed by atoms with van der Waals surface area (Å²) in [7, 11) is 0. The fourth-order valence-electron chi connectivity index (χ4n) is 3.27. The molecule has 0 unspecified atom stereocenters. The van der Waals surface area contributed by atoms with Crippen molar-refractivity contribution in [3.05, 3.63) is 60.2 Å². The second-order valence-electron chi connectivity index (χ2n) is 6.38. The van der Waals surface area contributed by atoms with Crippen LogP contribution >= 0.6 is 0 Å². The van der Waals surface area contributed by atoms with Gasteiger partial charge in [0.1, 0.15) is 0 Å². The Labute approximate surface area is 151 Å². The van der Waals surface area contributed by atoms with E-state index in [2.05, 4.69) is 21.2 Å². The van der Waals surface area contributed by atoms with Crippen LogP contribution in [0.5, 0.6) is 0 Å². The fourth-order valence-corrected chi connectivity index (χ4v) is 3.27. The van der Waals surface area contributed by atoms with Crippen molar-refractivity contribution in [1.82, 2.24) is 15.1 Å². The van der Waals surface area contributed by atoms with Crippen molar-refractivity contribution >= 4 is 11.6 Å². The molecule has 0 aliphatic carbocycles. The van der Waals surface area contributed by atoms with Crippen molar-refractivity contribution in [2.75, 3.05) is 11.4 Å². The molecule has 6 nitrogen and oxygen atoms in total. The second kappa shape index (κ2) is 7.47. The number of anilines is 1. The van der Waals surface area contributed by atoms with Crippen LogP contribution < -0.4 is 4.90 Å². The van der Waals surface area contributed by atoms with Gasteiger partial charge < -0.3 is 9.42 Å². The summed E-state index contributed by atoms with van der Waals surface area (Å²) in [6, 6.07) is 11.9. The zero-order chi connectivity index (χ0) is 17.8. The molecule has 0 atom stereocenters. The first-order valence-electron chi connectivity index (χ1n) is 8.92. The van der Waals surface area contributed by atoms with Gasteiger partial charge in [0, 0.05) is 43.0 Å². The summed E-state index contributed by atoms with van der Waals surface area (Å²) < 4.78 is 5.29. The quantitative estimate of drug-likeness (QED) is 0.722. The van der Waals surface area contributed by atoms with Gasteiger partial charge >= 0.3 is 0 Å². The largest absolute Gasteiger partial charge is 0.339 e. The molecule has 0 radical (unpaired) electrons. The lowest BCUT2D eigenvalue weighted by Gasteiger charge is -2.22. The summed E-state index contributed by atoms with van der Waals surface area (Å²) in [5, 5.41) is 3.98. The molecule has 6 heteroatoms. The maximum atomic E-state index is 12.8. The number of aryl methyl sites for hydroxylation is 2. The lowest BCUT2D eigenvalue weighted by molar-refractivity contribution is -0.118. The fraction of sp³-hybridized carbons (Fsp3) is 0.300. The molecule has 132 valence electrons. The molecule has 1 amide bonds. The minimum atomic E-state index is 0.0977. The number of nitrogens with zero attached hydrogens (tertiary/aromatic N) is 4. The Morgan fingerprint density at radius 1 is 1.15 bits per heavy atom. The van der Waals surface area contributed by atoms with E-state index < -0.39 is 0 Å². The average Bonchev–Trinajstić information content (AvgIpc) is 3.06. The number of aromatic nitrogens is 3. The molecule has 1 aliphatic heterocycles. The van der Waals surface area contributed by atoms with Crippen LogP contribution in [0.1, 0.15) is 30.7 Å². The lowest BCUT2D eigenvalue weighted by atomic mass is 10.1. The number of benzene rings is 1. The first-order valence-corrected chi connectivity index (χ1v) is 8.92. The Morgan fingerprint density at radius 3 is 2.96 bits per heavy atom. The zero-order valence-corrected chi connectivity index (χ0v) is 14.5. The van der Waals surface area contributed by atoms with E-state index in [4.69, 9.17) is 4.52 Å². The van der Waals surface area contributed by atoms with E-state index in [1.54, 1.807) is 12.4 Å². The van der Waals surface area contributed by atoms with Crippen LogP contribution in [-0.2, 0) is 17.6 Å². The number of pyridine rings is 1. The van der Waals surface area contributed by atoms with Crippen LogP contribution in [0.15, 0.2) is 53.3 Å². The first kappa shape index (κ1) is 16.4. The zero-order valence-electron chi connectivity index (χ0n) is 14.5. The molecule has 3 heterocycles. The van der Waals surface area contributed by atoms with Gasteiger partial charge in [-0.2, -0.15) is 4.98 Å². The van der Waals surface area contributed by atoms with Crippen molar-refractivity contribution in [1.29, 1.82) is 0 Å². The molecule has 3 aromatic rings. The highest BCUT2D eigenvalue weighted by atomic mass is 16.5. The smallest absolute Gasteiger partial charge is 0.227 e. The molecule has 1 aliphatic rings. The summed E-state index contributed by atoms with van der Waals surface area (Å²) in [6.45, 7) is 0.764. The van der Waals surface area contributed by atoms with E-state index in [1.165, 1.54) is 5.56 Å². The maximum absolute atomic E-state index is 12.8. The third-order valence-corrected chi connectivity index (χ3v) is 4.60. The van der Waals surface area contributed by atoms with Gasteiger partial charge in [-0.15, -0.1) is 0 Å². The molecule has 0 bridgehead atoms. The predicted octanol–water partition coefficient (Wildman–Crippen LogP) is 3.43. The van der Waals surface area contributed by atoms with E-state index >= 15 is 0 Å². The molecule has 0 fully saturated rings. The molecule has 1 aromatic carbocycles. The molecule has 0 saturated heterocycles. The van der Waals surface area contributed by atoms with Gasteiger partial charge in [0.2, 0.25) is 17.6 Å². The second-order valence-corrected chi connectivity index (χ2v) is 6.38. The summed E-state index contributed by atoms with van der Waals surface area (Å²) in [5.41, 5.74) is 3.09. The summed E-state index contributed by atoms with van der Waals surface area (Å²) in [4.78, 5) is 23.1. The summed E-state index contributed by atoms with van der Waals surface area (Å²) in [5.74, 6) is 1.07. The molecule has 4 rings (SSSR count). The highest BCUT2D eigenvalue weighted by Gasteiger charge is 2.21. The number of hydrogen-bond donors (Lipinski definition) is 0. The maximum Gasteiger partial charge on any atom is 0.227 e. The first-order chi connectivity index (χ1) is 12.8. The number of para-hydroxylation sites is 1. The Bertz CT molecular complexity index is 892. The number of rotatable bonds is 4. The number of carbonyl (C=O) groups is 1. The van der Waals surface area contributed by atoms with Crippen LogP contribution in [-0.4, -0.2) is 27.6 Å². The Morgan fingerprint density at radius 2 is 2.08 bits per heavy atom. The van der Waals surface area contributed by atoms with E-state index in [9.17, 15) is 4.79 Å². The molecular formula is C20H20N4O2. The van der Waals surface area contributed by atoms with Gasteiger partial charge in [-0.25, -0.2) is 0 Å². The highest BCUT2D eigenvalue weighted by Crippen LogP contribution is 2.27. The highest BCUT2D eigenvalue weighted by molar-refractivity contribution is 5.94. The number of carbonyl (C=O) groups excluding carboxylic acids is 1. The van der Waals surface area contributed by atoms with Gasteiger partial charge in [-0.1, -0.05) is 23.4 Å². The Balaban J connectivity index is 1.44. The number of amides is 1. The average molecular weight is 348 g/mol. The van der Waals surface area contributed by atoms with Crippen molar-refractivity contribution in [3.8, 4) is 11.4 Å². The minimum Gasteiger partial charge on any atom is -0.339 e. The Kier molecular flexibility index (Phi) is 4.73. The lowest BCUT2D eigenvalue weighted by Crippen LogP contribution is -2.31. The molecule has 0 spiro atoms. The molecule has 0 saturated carbocycles. The predicted molar refractivity (Wildman–Crippen MR) is 97.6 cm³/mol. The number of fused-ring (bicyclic) bond motifs is 1. The van der Waals surface area contributed by atoms with Crippen LogP contribution in [0.4, 0.5) is 5.69 Å². The van der Waals surface area contributed by atoms with Crippen LogP contribution in [0, 0.1) is 0 Å². The van der Waals surface area contributed by atoms with E-state index in [0.29, 0.717) is 24.6 Å².